The third kappa shape index (κ3) is 3.81. The molecule has 1 atom stereocenters. The largest absolute Gasteiger partial charge is 0.402 e. The Hall–Kier alpha value is -0.790. The first-order valence-corrected chi connectivity index (χ1v) is 4.17. The first-order chi connectivity index (χ1) is 5.18. The third-order valence-corrected chi connectivity index (χ3v) is 1.48. The number of nitrogens with two attached hydrogens (primary N) is 1. The summed E-state index contributed by atoms with van der Waals surface area (Å²) in [5.74, 6) is 0.619. The molecule has 1 aliphatic rings. The minimum absolute atomic E-state index is 0.172. The van der Waals surface area contributed by atoms with Crippen LogP contribution in [-0.4, -0.2) is 5.78 Å². The highest BCUT2D eigenvalue weighted by atomic mass is 16.1. The van der Waals surface area contributed by atoms with Gasteiger partial charge >= 0.3 is 0 Å². The van der Waals surface area contributed by atoms with E-state index in [1.807, 2.05) is 20.8 Å². The maximum atomic E-state index is 10.7. The molecule has 2 heteroatoms. The molecule has 0 saturated carbocycles. The van der Waals surface area contributed by atoms with E-state index < -0.39 is 0 Å². The van der Waals surface area contributed by atoms with Gasteiger partial charge in [-0.1, -0.05) is 20.8 Å². The molecule has 0 unspecified atom stereocenters. The van der Waals surface area contributed by atoms with Gasteiger partial charge in [-0.3, -0.25) is 4.79 Å². The van der Waals surface area contributed by atoms with Gasteiger partial charge in [-0.25, -0.2) is 0 Å². The van der Waals surface area contributed by atoms with E-state index in [1.54, 1.807) is 6.08 Å². The second-order valence-corrected chi connectivity index (χ2v) is 2.70. The van der Waals surface area contributed by atoms with Crippen LogP contribution < -0.4 is 5.73 Å². The Morgan fingerprint density at radius 2 is 2.00 bits per heavy atom. The van der Waals surface area contributed by atoms with E-state index in [0.29, 0.717) is 12.3 Å². The molecule has 11 heavy (non-hydrogen) atoms. The number of carbonyl (C=O) groups is 1. The minimum atomic E-state index is 0.172. The van der Waals surface area contributed by atoms with Crippen LogP contribution in [0.2, 0.25) is 0 Å². The fourth-order valence-corrected chi connectivity index (χ4v) is 1.14. The van der Waals surface area contributed by atoms with Gasteiger partial charge in [0, 0.05) is 12.1 Å². The van der Waals surface area contributed by atoms with Crippen molar-refractivity contribution in [1.82, 2.24) is 0 Å². The molecule has 0 aliphatic heterocycles. The number of rotatable bonds is 0. The van der Waals surface area contributed by atoms with Gasteiger partial charge in [0.05, 0.1) is 0 Å². The van der Waals surface area contributed by atoms with E-state index in [4.69, 9.17) is 5.73 Å². The summed E-state index contributed by atoms with van der Waals surface area (Å²) in [5, 5.41) is 0. The Labute approximate surface area is 68.5 Å². The summed E-state index contributed by atoms with van der Waals surface area (Å²) < 4.78 is 0. The highest BCUT2D eigenvalue weighted by Gasteiger charge is 2.13. The van der Waals surface area contributed by atoms with E-state index in [9.17, 15) is 4.79 Å². The van der Waals surface area contributed by atoms with Crippen molar-refractivity contribution in [2.75, 3.05) is 0 Å². The number of ketones is 1. The zero-order chi connectivity index (χ0) is 8.85. The smallest absolute Gasteiger partial charge is 0.157 e. The normalized spacial score (nSPS) is 23.4. The number of hydrogen-bond acceptors (Lipinski definition) is 2. The molecule has 0 bridgehead atoms. The first kappa shape index (κ1) is 10.2. The molecule has 2 nitrogen and oxygen atoms in total. The lowest BCUT2D eigenvalue weighted by molar-refractivity contribution is -0.115. The summed E-state index contributed by atoms with van der Waals surface area (Å²) in [7, 11) is 0. The van der Waals surface area contributed by atoms with Crippen molar-refractivity contribution in [2.45, 2.75) is 33.6 Å². The zero-order valence-corrected chi connectivity index (χ0v) is 7.55. The standard InChI is InChI=1S/C7H11NO.C2H6/c1-5-2-6(8)4-7(9)3-5;1-2/h4-5H,2-3,8H2,1H3;1-2H3/t5-;/m1./s1. The highest BCUT2D eigenvalue weighted by molar-refractivity contribution is 5.91. The van der Waals surface area contributed by atoms with Crippen molar-refractivity contribution in [2.24, 2.45) is 11.7 Å². The second-order valence-electron chi connectivity index (χ2n) is 2.70. The van der Waals surface area contributed by atoms with Crippen molar-refractivity contribution in [1.29, 1.82) is 0 Å². The van der Waals surface area contributed by atoms with Gasteiger partial charge in [0.25, 0.3) is 0 Å². The van der Waals surface area contributed by atoms with Crippen LogP contribution in [0.25, 0.3) is 0 Å². The summed E-state index contributed by atoms with van der Waals surface area (Å²) in [5.41, 5.74) is 6.19. The van der Waals surface area contributed by atoms with Crippen molar-refractivity contribution >= 4 is 5.78 Å². The van der Waals surface area contributed by atoms with Crippen molar-refractivity contribution in [3.05, 3.63) is 11.8 Å². The van der Waals surface area contributed by atoms with Crippen molar-refractivity contribution in [3.63, 3.8) is 0 Å². The van der Waals surface area contributed by atoms with Gasteiger partial charge in [-0.15, -0.1) is 0 Å². The third-order valence-electron chi connectivity index (χ3n) is 1.48. The van der Waals surface area contributed by atoms with Crippen molar-refractivity contribution in [3.8, 4) is 0 Å². The van der Waals surface area contributed by atoms with Crippen LogP contribution in [0.3, 0.4) is 0 Å². The summed E-state index contributed by atoms with van der Waals surface area (Å²) in [6.45, 7) is 6.04. The molecule has 0 fully saturated rings. The molecule has 0 amide bonds. The predicted molar refractivity (Wildman–Crippen MR) is 47.0 cm³/mol. The van der Waals surface area contributed by atoms with Crippen LogP contribution in [0.4, 0.5) is 0 Å². The monoisotopic (exact) mass is 155 g/mol. The summed E-state index contributed by atoms with van der Waals surface area (Å²) in [6, 6.07) is 0. The van der Waals surface area contributed by atoms with Crippen molar-refractivity contribution < 1.29 is 4.79 Å². The molecule has 0 radical (unpaired) electrons. The fourth-order valence-electron chi connectivity index (χ4n) is 1.14. The van der Waals surface area contributed by atoms with E-state index >= 15 is 0 Å². The lowest BCUT2D eigenvalue weighted by Crippen LogP contribution is -2.15. The molecule has 2 N–H and O–H groups in total. The highest BCUT2D eigenvalue weighted by Crippen LogP contribution is 2.17. The fraction of sp³-hybridized carbons (Fsp3) is 0.667. The Kier molecular flexibility index (Phi) is 4.59. The molecule has 0 aromatic rings. The number of allylic oxidation sites excluding steroid dienone is 2. The molecule has 64 valence electrons. The van der Waals surface area contributed by atoms with Gasteiger partial charge in [-0.05, 0) is 18.4 Å². The Bertz CT molecular complexity index is 161. The minimum Gasteiger partial charge on any atom is -0.402 e. The molecule has 0 aromatic carbocycles. The summed E-state index contributed by atoms with van der Waals surface area (Å²) >= 11 is 0. The lowest BCUT2D eigenvalue weighted by Gasteiger charge is -2.13. The Morgan fingerprint density at radius 1 is 1.45 bits per heavy atom. The summed E-state index contributed by atoms with van der Waals surface area (Å²) in [4.78, 5) is 10.7. The van der Waals surface area contributed by atoms with Gasteiger partial charge in [0.2, 0.25) is 0 Å². The van der Waals surface area contributed by atoms with Crippen LogP contribution in [0.15, 0.2) is 11.8 Å². The lowest BCUT2D eigenvalue weighted by atomic mass is 9.93. The maximum absolute atomic E-state index is 10.7. The van der Waals surface area contributed by atoms with Crippen LogP contribution in [0, 0.1) is 5.92 Å². The number of carbonyl (C=O) groups excluding carboxylic acids is 1. The van der Waals surface area contributed by atoms with Gasteiger partial charge in [0.15, 0.2) is 5.78 Å². The molecule has 0 aromatic heterocycles. The predicted octanol–water partition coefficient (Wildman–Crippen LogP) is 1.85. The Balaban J connectivity index is 0.000000461. The summed E-state index contributed by atoms with van der Waals surface area (Å²) in [6.07, 6.45) is 3.09. The molecular weight excluding hydrogens is 138 g/mol. The maximum Gasteiger partial charge on any atom is 0.157 e. The van der Waals surface area contributed by atoms with Crippen LogP contribution in [-0.2, 0) is 4.79 Å². The van der Waals surface area contributed by atoms with E-state index in [0.717, 1.165) is 12.1 Å². The van der Waals surface area contributed by atoms with Crippen LogP contribution >= 0.6 is 0 Å². The van der Waals surface area contributed by atoms with E-state index in [1.165, 1.54) is 0 Å². The topological polar surface area (TPSA) is 43.1 Å². The van der Waals surface area contributed by atoms with Gasteiger partial charge in [-0.2, -0.15) is 0 Å². The second kappa shape index (κ2) is 4.94. The SMILES string of the molecule is CC.C[C@H]1CC(=O)C=C(N)C1. The molecule has 1 aliphatic carbocycles. The van der Waals surface area contributed by atoms with E-state index in [2.05, 4.69) is 0 Å². The van der Waals surface area contributed by atoms with E-state index in [-0.39, 0.29) is 5.78 Å². The average molecular weight is 155 g/mol. The Morgan fingerprint density at radius 3 is 2.36 bits per heavy atom. The average Bonchev–Trinajstić information content (AvgIpc) is 1.88. The van der Waals surface area contributed by atoms with Gasteiger partial charge in [0.1, 0.15) is 0 Å². The molecule has 0 saturated heterocycles. The zero-order valence-electron chi connectivity index (χ0n) is 7.55. The molecular formula is C9H17NO. The van der Waals surface area contributed by atoms with Crippen LogP contribution in [0.5, 0.6) is 0 Å². The quantitative estimate of drug-likeness (QED) is 0.580. The van der Waals surface area contributed by atoms with Gasteiger partial charge < -0.3 is 5.73 Å². The first-order valence-electron chi connectivity index (χ1n) is 4.17. The number of hydrogen-bond donors (Lipinski definition) is 1. The molecule has 1 rings (SSSR count). The molecule has 0 spiro atoms. The molecule has 0 heterocycles. The van der Waals surface area contributed by atoms with Crippen LogP contribution in [0.1, 0.15) is 33.6 Å².